The molecule has 3 amide bonds. The number of hydrogen-bond acceptors (Lipinski definition) is 6. The molecule has 0 spiro atoms. The van der Waals surface area contributed by atoms with Gasteiger partial charge in [-0.05, 0) is 69.3 Å². The number of anilines is 1. The zero-order valence-electron chi connectivity index (χ0n) is 16.8. The summed E-state index contributed by atoms with van der Waals surface area (Å²) in [5.74, 6) is -0.676. The summed E-state index contributed by atoms with van der Waals surface area (Å²) in [5.41, 5.74) is 5.11. The first kappa shape index (κ1) is 22.2. The number of nitrogens with zero attached hydrogens (tertiary/aromatic N) is 1. The first-order chi connectivity index (χ1) is 14.2. The zero-order chi connectivity index (χ0) is 22.1. The van der Waals surface area contributed by atoms with Crippen LogP contribution in [0.25, 0.3) is 0 Å². The Hall–Kier alpha value is -4.06. The Labute approximate surface area is 173 Å². The highest BCUT2D eigenvalue weighted by Crippen LogP contribution is 2.13. The third-order valence-corrected chi connectivity index (χ3v) is 3.46. The molecule has 9 heteroatoms. The molecule has 0 aliphatic rings. The molecule has 2 aromatic rings. The third kappa shape index (κ3) is 7.52. The summed E-state index contributed by atoms with van der Waals surface area (Å²) >= 11 is 0. The maximum absolute atomic E-state index is 12.1. The van der Waals surface area contributed by atoms with E-state index in [9.17, 15) is 14.4 Å². The van der Waals surface area contributed by atoms with E-state index < -0.39 is 23.5 Å². The minimum atomic E-state index is -0.619. The molecule has 9 nitrogen and oxygen atoms in total. The van der Waals surface area contributed by atoms with Gasteiger partial charge in [-0.25, -0.2) is 4.79 Å². The fourth-order valence-corrected chi connectivity index (χ4v) is 2.14. The summed E-state index contributed by atoms with van der Waals surface area (Å²) in [7, 11) is 0. The van der Waals surface area contributed by atoms with Gasteiger partial charge in [0.05, 0.1) is 11.6 Å². The Bertz CT molecular complexity index is 941. The summed E-state index contributed by atoms with van der Waals surface area (Å²) < 4.78 is 10.4. The Morgan fingerprint density at radius 2 is 1.60 bits per heavy atom. The average molecular weight is 410 g/mol. The lowest BCUT2D eigenvalue weighted by atomic mass is 10.2. The van der Waals surface area contributed by atoms with Gasteiger partial charge in [0.1, 0.15) is 11.4 Å². The summed E-state index contributed by atoms with van der Waals surface area (Å²) in [6.45, 7) is 4.95. The van der Waals surface area contributed by atoms with Crippen molar-refractivity contribution in [2.45, 2.75) is 26.4 Å². The van der Waals surface area contributed by atoms with Crippen molar-refractivity contribution in [1.82, 2.24) is 10.9 Å². The lowest BCUT2D eigenvalue weighted by Gasteiger charge is -2.19. The van der Waals surface area contributed by atoms with Crippen LogP contribution in [0.15, 0.2) is 48.5 Å². The normalized spacial score (nSPS) is 10.3. The van der Waals surface area contributed by atoms with Crippen LogP contribution < -0.4 is 20.9 Å². The van der Waals surface area contributed by atoms with E-state index >= 15 is 0 Å². The van der Waals surface area contributed by atoms with Crippen molar-refractivity contribution in [3.8, 4) is 11.8 Å². The molecule has 0 saturated heterocycles. The molecule has 0 heterocycles. The smallest absolute Gasteiger partial charge is 0.412 e. The van der Waals surface area contributed by atoms with Crippen LogP contribution in [0.3, 0.4) is 0 Å². The number of nitrogens with one attached hydrogen (secondary N) is 3. The summed E-state index contributed by atoms with van der Waals surface area (Å²) in [4.78, 5) is 35.6. The molecule has 0 bridgehead atoms. The largest absolute Gasteiger partial charge is 0.484 e. The molecular formula is C21H22N4O5. The van der Waals surface area contributed by atoms with Crippen molar-refractivity contribution in [1.29, 1.82) is 5.26 Å². The highest BCUT2D eigenvalue weighted by atomic mass is 16.6. The molecule has 0 atom stereocenters. The van der Waals surface area contributed by atoms with Gasteiger partial charge < -0.3 is 9.47 Å². The molecule has 2 aromatic carbocycles. The standard InChI is InChI=1S/C21H22N4O5/c1-21(2,3)30-20(28)23-16-8-6-15(7-9-16)19(27)25-24-18(26)13-29-17-10-4-14(12-22)5-11-17/h4-11H,13H2,1-3H3,(H,23,28)(H,24,26)(H,25,27). The first-order valence-corrected chi connectivity index (χ1v) is 8.98. The number of carbonyl (C=O) groups excluding carboxylic acids is 3. The van der Waals surface area contributed by atoms with Gasteiger partial charge in [-0.2, -0.15) is 5.26 Å². The van der Waals surface area contributed by atoms with E-state index in [0.29, 0.717) is 17.0 Å². The van der Waals surface area contributed by atoms with Crippen molar-refractivity contribution in [3.05, 3.63) is 59.7 Å². The quantitative estimate of drug-likeness (QED) is 0.650. The average Bonchev–Trinajstić information content (AvgIpc) is 2.70. The zero-order valence-corrected chi connectivity index (χ0v) is 16.8. The van der Waals surface area contributed by atoms with Crippen molar-refractivity contribution in [2.75, 3.05) is 11.9 Å². The SMILES string of the molecule is CC(C)(C)OC(=O)Nc1ccc(C(=O)NNC(=O)COc2ccc(C#N)cc2)cc1. The van der Waals surface area contributed by atoms with Gasteiger partial charge in [-0.1, -0.05) is 0 Å². The molecule has 0 saturated carbocycles. The van der Waals surface area contributed by atoms with E-state index in [4.69, 9.17) is 14.7 Å². The maximum atomic E-state index is 12.1. The van der Waals surface area contributed by atoms with E-state index in [0.717, 1.165) is 0 Å². The summed E-state index contributed by atoms with van der Waals surface area (Å²) in [6, 6.07) is 14.3. The van der Waals surface area contributed by atoms with E-state index in [1.807, 2.05) is 6.07 Å². The Kier molecular flexibility index (Phi) is 7.36. The number of rotatable bonds is 5. The minimum absolute atomic E-state index is 0.276. The number of ether oxygens (including phenoxy) is 2. The number of benzene rings is 2. The topological polar surface area (TPSA) is 130 Å². The van der Waals surface area contributed by atoms with Crippen molar-refractivity contribution < 1.29 is 23.9 Å². The Morgan fingerprint density at radius 3 is 2.17 bits per heavy atom. The van der Waals surface area contributed by atoms with E-state index in [-0.39, 0.29) is 12.2 Å². The molecule has 0 unspecified atom stereocenters. The van der Waals surface area contributed by atoms with Crippen LogP contribution in [0, 0.1) is 11.3 Å². The van der Waals surface area contributed by atoms with Gasteiger partial charge in [-0.15, -0.1) is 0 Å². The van der Waals surface area contributed by atoms with Crippen LogP contribution >= 0.6 is 0 Å². The number of nitriles is 1. The lowest BCUT2D eigenvalue weighted by molar-refractivity contribution is -0.123. The fourth-order valence-electron chi connectivity index (χ4n) is 2.14. The molecular weight excluding hydrogens is 388 g/mol. The lowest BCUT2D eigenvalue weighted by Crippen LogP contribution is -2.43. The fraction of sp³-hybridized carbons (Fsp3) is 0.238. The second-order valence-corrected chi connectivity index (χ2v) is 7.13. The first-order valence-electron chi connectivity index (χ1n) is 8.98. The van der Waals surface area contributed by atoms with Crippen LogP contribution in [-0.2, 0) is 9.53 Å². The predicted molar refractivity (Wildman–Crippen MR) is 109 cm³/mol. The minimum Gasteiger partial charge on any atom is -0.484 e. The van der Waals surface area contributed by atoms with Gasteiger partial charge in [0.25, 0.3) is 11.8 Å². The molecule has 0 radical (unpaired) electrons. The van der Waals surface area contributed by atoms with Crippen LogP contribution in [0.4, 0.5) is 10.5 Å². The van der Waals surface area contributed by atoms with Gasteiger partial charge in [0, 0.05) is 11.3 Å². The molecule has 30 heavy (non-hydrogen) atoms. The number of amides is 3. The van der Waals surface area contributed by atoms with Crippen LogP contribution in [0.5, 0.6) is 5.75 Å². The van der Waals surface area contributed by atoms with Gasteiger partial charge in [-0.3, -0.25) is 25.8 Å². The van der Waals surface area contributed by atoms with Gasteiger partial charge in [0.15, 0.2) is 6.61 Å². The molecule has 2 rings (SSSR count). The van der Waals surface area contributed by atoms with E-state index in [2.05, 4.69) is 16.2 Å². The van der Waals surface area contributed by atoms with Crippen molar-refractivity contribution >= 4 is 23.6 Å². The van der Waals surface area contributed by atoms with Crippen molar-refractivity contribution in [3.63, 3.8) is 0 Å². The predicted octanol–water partition coefficient (Wildman–Crippen LogP) is 2.75. The molecule has 0 aromatic heterocycles. The number of hydrogen-bond donors (Lipinski definition) is 3. The molecule has 0 aliphatic carbocycles. The molecule has 0 aliphatic heterocycles. The molecule has 0 fully saturated rings. The number of hydrazine groups is 1. The Balaban J connectivity index is 1.77. The van der Waals surface area contributed by atoms with Gasteiger partial charge in [0.2, 0.25) is 0 Å². The maximum Gasteiger partial charge on any atom is 0.412 e. The molecule has 3 N–H and O–H groups in total. The van der Waals surface area contributed by atoms with Crippen LogP contribution in [-0.4, -0.2) is 30.1 Å². The third-order valence-electron chi connectivity index (χ3n) is 3.46. The number of carbonyl (C=O) groups is 3. The second kappa shape index (κ2) is 9.93. The summed E-state index contributed by atoms with van der Waals surface area (Å²) in [5, 5.41) is 11.3. The van der Waals surface area contributed by atoms with Crippen LogP contribution in [0.1, 0.15) is 36.7 Å². The van der Waals surface area contributed by atoms with E-state index in [1.165, 1.54) is 24.3 Å². The monoisotopic (exact) mass is 410 g/mol. The Morgan fingerprint density at radius 1 is 0.967 bits per heavy atom. The van der Waals surface area contributed by atoms with Crippen molar-refractivity contribution in [2.24, 2.45) is 0 Å². The van der Waals surface area contributed by atoms with E-state index in [1.54, 1.807) is 45.0 Å². The highest BCUT2D eigenvalue weighted by molar-refractivity contribution is 5.96. The van der Waals surface area contributed by atoms with Crippen LogP contribution in [0.2, 0.25) is 0 Å². The van der Waals surface area contributed by atoms with Gasteiger partial charge >= 0.3 is 6.09 Å². The highest BCUT2D eigenvalue weighted by Gasteiger charge is 2.16. The molecule has 156 valence electrons. The second-order valence-electron chi connectivity index (χ2n) is 7.13. The summed E-state index contributed by atoms with van der Waals surface area (Å²) in [6.07, 6.45) is -0.603.